The Balaban J connectivity index is 2.09. The van der Waals surface area contributed by atoms with Crippen LogP contribution >= 0.6 is 0 Å². The Labute approximate surface area is 82.3 Å². The van der Waals surface area contributed by atoms with Gasteiger partial charge in [0.15, 0.2) is 5.78 Å². The van der Waals surface area contributed by atoms with Crippen molar-refractivity contribution in [3.8, 4) is 0 Å². The van der Waals surface area contributed by atoms with Crippen LogP contribution in [0.15, 0.2) is 18.5 Å². The number of Topliss-reactive ketones (excluding diaryl/α,β-unsaturated/α-hetero) is 1. The predicted octanol–water partition coefficient (Wildman–Crippen LogP) is 0.174. The van der Waals surface area contributed by atoms with Gasteiger partial charge >= 0.3 is 0 Å². The van der Waals surface area contributed by atoms with E-state index in [0.29, 0.717) is 12.3 Å². The molecule has 0 amide bonds. The molecule has 1 aliphatic carbocycles. The molecule has 2 heterocycles. The topological polar surface area (TPSA) is 49.0 Å². The summed E-state index contributed by atoms with van der Waals surface area (Å²) in [5, 5.41) is 8.67. The van der Waals surface area contributed by atoms with E-state index in [9.17, 15) is 4.79 Å². The van der Waals surface area contributed by atoms with E-state index in [0.717, 1.165) is 6.42 Å². The van der Waals surface area contributed by atoms with Crippen LogP contribution < -0.4 is 5.32 Å². The Kier molecular flexibility index (Phi) is 1.43. The lowest BCUT2D eigenvalue weighted by Gasteiger charge is -2.26. The van der Waals surface area contributed by atoms with Gasteiger partial charge in [0.1, 0.15) is 5.54 Å². The molecule has 1 aromatic heterocycles. The van der Waals surface area contributed by atoms with Gasteiger partial charge in [-0.2, -0.15) is 5.10 Å². The van der Waals surface area contributed by atoms with Gasteiger partial charge in [0, 0.05) is 30.9 Å². The molecule has 1 aromatic rings. The quantitative estimate of drug-likeness (QED) is 0.634. The summed E-state index contributed by atoms with van der Waals surface area (Å²) in [6, 6.07) is 2.09. The summed E-state index contributed by atoms with van der Waals surface area (Å²) in [4.78, 5) is 12.1. The Morgan fingerprint density at radius 2 is 2.50 bits per heavy atom. The zero-order chi connectivity index (χ0) is 9.76. The second kappa shape index (κ2) is 2.45. The third-order valence-corrected chi connectivity index (χ3v) is 3.53. The summed E-state index contributed by atoms with van der Waals surface area (Å²) in [7, 11) is 0. The first-order valence-corrected chi connectivity index (χ1v) is 4.95. The molecule has 4 nitrogen and oxygen atoms in total. The molecule has 1 saturated heterocycles. The fourth-order valence-corrected chi connectivity index (χ4v) is 2.66. The minimum absolute atomic E-state index is 0.0768. The molecule has 3 atom stereocenters. The summed E-state index contributed by atoms with van der Waals surface area (Å²) >= 11 is 0. The predicted molar refractivity (Wildman–Crippen MR) is 49.8 cm³/mol. The highest BCUT2D eigenvalue weighted by molar-refractivity contribution is 5.92. The van der Waals surface area contributed by atoms with Gasteiger partial charge in [-0.15, -0.1) is 0 Å². The summed E-state index contributed by atoms with van der Waals surface area (Å²) in [5.74, 6) is 0.383. The van der Waals surface area contributed by atoms with Gasteiger partial charge in [-0.25, -0.2) is 5.32 Å². The van der Waals surface area contributed by atoms with Crippen LogP contribution in [0.4, 0.5) is 0 Å². The third-order valence-electron chi connectivity index (χ3n) is 3.53. The molecule has 0 aromatic carbocycles. The molecule has 73 valence electrons. The minimum atomic E-state index is -0.437. The number of aromatic nitrogens is 2. The van der Waals surface area contributed by atoms with Crippen molar-refractivity contribution in [2.24, 2.45) is 5.92 Å². The average molecular weight is 190 g/mol. The number of carbonyl (C=O) groups excluding carboxylic acids is 1. The Bertz CT molecular complexity index is 373. The van der Waals surface area contributed by atoms with Gasteiger partial charge in [-0.3, -0.25) is 9.48 Å². The molecule has 2 fully saturated rings. The van der Waals surface area contributed by atoms with Crippen LogP contribution in [0.3, 0.4) is 0 Å². The van der Waals surface area contributed by atoms with E-state index in [2.05, 4.69) is 10.4 Å². The first-order valence-electron chi connectivity index (χ1n) is 4.95. The van der Waals surface area contributed by atoms with Gasteiger partial charge in [0.25, 0.3) is 0 Å². The minimum Gasteiger partial charge on any atom is -0.297 e. The second-order valence-electron chi connectivity index (χ2n) is 4.25. The van der Waals surface area contributed by atoms with Gasteiger partial charge in [-0.05, 0) is 12.5 Å². The smallest absolute Gasteiger partial charge is 0.166 e. The largest absolute Gasteiger partial charge is 0.297 e. The zero-order valence-corrected chi connectivity index (χ0v) is 8.05. The lowest BCUT2D eigenvalue weighted by atomic mass is 9.94. The maximum atomic E-state index is 12.1. The van der Waals surface area contributed by atoms with Crippen LogP contribution in [0, 0.1) is 5.92 Å². The Hall–Kier alpha value is -1.16. The monoisotopic (exact) mass is 190 g/mol. The van der Waals surface area contributed by atoms with Crippen molar-refractivity contribution in [3.05, 3.63) is 18.5 Å². The molecule has 2 bridgehead atoms. The lowest BCUT2D eigenvalue weighted by molar-refractivity contribution is -0.129. The van der Waals surface area contributed by atoms with Crippen molar-refractivity contribution < 1.29 is 4.79 Å². The normalized spacial score (nSPS) is 40.8. The molecule has 0 N–H and O–H groups in total. The number of hydrogen-bond donors (Lipinski definition) is 0. The first kappa shape index (κ1) is 8.17. The molecule has 0 spiro atoms. The number of ketones is 1. The van der Waals surface area contributed by atoms with Crippen LogP contribution in [0.25, 0.3) is 0 Å². The molecule has 14 heavy (non-hydrogen) atoms. The molecule has 3 rings (SSSR count). The van der Waals surface area contributed by atoms with Gasteiger partial charge in [0.05, 0.1) is 0 Å². The van der Waals surface area contributed by atoms with Crippen LogP contribution in [-0.4, -0.2) is 28.2 Å². The number of fused-ring (bicyclic) bond motifs is 2. The molecule has 3 unspecified atom stereocenters. The van der Waals surface area contributed by atoms with Crippen molar-refractivity contribution in [2.75, 3.05) is 6.54 Å². The summed E-state index contributed by atoms with van der Waals surface area (Å²) in [6.45, 7) is 2.59. The highest BCUT2D eigenvalue weighted by atomic mass is 16.1. The first-order chi connectivity index (χ1) is 6.74. The van der Waals surface area contributed by atoms with Gasteiger partial charge in [0.2, 0.25) is 0 Å². The van der Waals surface area contributed by atoms with E-state index in [1.807, 2.05) is 19.2 Å². The maximum Gasteiger partial charge on any atom is 0.166 e. The van der Waals surface area contributed by atoms with Crippen LogP contribution in [0.1, 0.15) is 13.3 Å². The molecule has 1 saturated carbocycles. The summed E-state index contributed by atoms with van der Waals surface area (Å²) < 4.78 is 1.79. The van der Waals surface area contributed by atoms with Crippen molar-refractivity contribution in [2.45, 2.75) is 24.9 Å². The number of piperidine rings is 1. The number of nitrogens with zero attached hydrogens (tertiary/aromatic N) is 3. The van der Waals surface area contributed by atoms with Crippen molar-refractivity contribution in [1.82, 2.24) is 15.1 Å². The molecule has 1 radical (unpaired) electrons. The van der Waals surface area contributed by atoms with Crippen LogP contribution in [0.5, 0.6) is 0 Å². The average Bonchev–Trinajstić information content (AvgIpc) is 2.86. The summed E-state index contributed by atoms with van der Waals surface area (Å²) in [5.41, 5.74) is -0.437. The highest BCUT2D eigenvalue weighted by Gasteiger charge is 2.58. The molecule has 4 heteroatoms. The van der Waals surface area contributed by atoms with E-state index in [-0.39, 0.29) is 12.0 Å². The van der Waals surface area contributed by atoms with E-state index < -0.39 is 5.54 Å². The van der Waals surface area contributed by atoms with E-state index in [4.69, 9.17) is 0 Å². The lowest BCUT2D eigenvalue weighted by Crippen LogP contribution is -2.46. The van der Waals surface area contributed by atoms with Crippen LogP contribution in [0.2, 0.25) is 0 Å². The molecule has 2 aliphatic rings. The number of rotatable bonds is 1. The van der Waals surface area contributed by atoms with Gasteiger partial charge in [-0.1, -0.05) is 6.92 Å². The SMILES string of the molecule is CC1C(=O)C2(n3cccn3)C[N]C1C2. The van der Waals surface area contributed by atoms with Crippen molar-refractivity contribution in [3.63, 3.8) is 0 Å². The molecular weight excluding hydrogens is 178 g/mol. The molecular formula is C10H12N3O. The zero-order valence-electron chi connectivity index (χ0n) is 8.05. The van der Waals surface area contributed by atoms with E-state index >= 15 is 0 Å². The molecule has 1 aliphatic heterocycles. The fourth-order valence-electron chi connectivity index (χ4n) is 2.66. The summed E-state index contributed by atoms with van der Waals surface area (Å²) in [6.07, 6.45) is 4.43. The van der Waals surface area contributed by atoms with Crippen molar-refractivity contribution >= 4 is 5.78 Å². The third kappa shape index (κ3) is 0.773. The van der Waals surface area contributed by atoms with Gasteiger partial charge < -0.3 is 0 Å². The number of carbonyl (C=O) groups is 1. The maximum absolute atomic E-state index is 12.1. The Morgan fingerprint density at radius 3 is 3.07 bits per heavy atom. The fraction of sp³-hybridized carbons (Fsp3) is 0.600. The van der Waals surface area contributed by atoms with E-state index in [1.54, 1.807) is 10.9 Å². The standard InChI is InChI=1S/C10H12N3O/c1-7-8-5-10(6-11-8,9(7)14)13-4-2-3-12-13/h2-4,7-8H,5-6H2,1H3. The van der Waals surface area contributed by atoms with E-state index in [1.165, 1.54) is 0 Å². The van der Waals surface area contributed by atoms with Crippen molar-refractivity contribution in [1.29, 1.82) is 0 Å². The highest BCUT2D eigenvalue weighted by Crippen LogP contribution is 2.42. The Morgan fingerprint density at radius 1 is 1.64 bits per heavy atom. The second-order valence-corrected chi connectivity index (χ2v) is 4.25. The number of hydrogen-bond acceptors (Lipinski definition) is 2. The van der Waals surface area contributed by atoms with Crippen LogP contribution in [-0.2, 0) is 10.3 Å².